The van der Waals surface area contributed by atoms with Crippen molar-refractivity contribution >= 4 is 11.6 Å². The third kappa shape index (κ3) is 5.59. The van der Waals surface area contributed by atoms with E-state index in [2.05, 4.69) is 34.6 Å². The molecule has 0 unspecified atom stereocenters. The highest BCUT2D eigenvalue weighted by Gasteiger charge is 2.09. The lowest BCUT2D eigenvalue weighted by atomic mass is 10.1. The number of benzene rings is 1. The third-order valence-corrected chi connectivity index (χ3v) is 3.48. The Morgan fingerprint density at radius 1 is 1.36 bits per heavy atom. The van der Waals surface area contributed by atoms with E-state index in [0.29, 0.717) is 31.5 Å². The number of rotatable bonds is 7. The van der Waals surface area contributed by atoms with Crippen LogP contribution in [0.15, 0.2) is 39.8 Å². The van der Waals surface area contributed by atoms with Crippen LogP contribution in [0.3, 0.4) is 0 Å². The minimum Gasteiger partial charge on any atom is -0.359 e. The van der Waals surface area contributed by atoms with Crippen LogP contribution in [0.5, 0.6) is 0 Å². The van der Waals surface area contributed by atoms with E-state index in [-0.39, 0.29) is 5.69 Å². The number of aromatic nitrogens is 1. The van der Waals surface area contributed by atoms with Crippen LogP contribution in [-0.2, 0) is 13.1 Å². The highest BCUT2D eigenvalue weighted by atomic mass is 16.6. The first kappa shape index (κ1) is 18.4. The SMILES string of the molecule is CCNC(=NCc1cccc([N+](=O)[O-])c1)NCc1cc(C(C)C)no1. The lowest BCUT2D eigenvalue weighted by molar-refractivity contribution is -0.384. The summed E-state index contributed by atoms with van der Waals surface area (Å²) < 4.78 is 5.29. The van der Waals surface area contributed by atoms with Gasteiger partial charge in [0.15, 0.2) is 11.7 Å². The first-order valence-corrected chi connectivity index (χ1v) is 8.20. The van der Waals surface area contributed by atoms with E-state index in [9.17, 15) is 10.1 Å². The van der Waals surface area contributed by atoms with Gasteiger partial charge in [-0.15, -0.1) is 0 Å². The number of nitrogens with one attached hydrogen (secondary N) is 2. The predicted octanol–water partition coefficient (Wildman–Crippen LogP) is 2.96. The number of nitrogens with zero attached hydrogens (tertiary/aromatic N) is 3. The minimum absolute atomic E-state index is 0.0635. The summed E-state index contributed by atoms with van der Waals surface area (Å²) in [6, 6.07) is 8.38. The second kappa shape index (κ2) is 8.81. The molecule has 0 saturated heterocycles. The van der Waals surface area contributed by atoms with Gasteiger partial charge in [-0.25, -0.2) is 4.99 Å². The molecule has 1 aromatic carbocycles. The zero-order valence-corrected chi connectivity index (χ0v) is 14.7. The Labute approximate surface area is 146 Å². The fourth-order valence-electron chi connectivity index (χ4n) is 2.14. The van der Waals surface area contributed by atoms with Crippen LogP contribution in [0.4, 0.5) is 5.69 Å². The van der Waals surface area contributed by atoms with Crippen molar-refractivity contribution in [2.45, 2.75) is 39.8 Å². The molecule has 0 radical (unpaired) electrons. The van der Waals surface area contributed by atoms with Crippen molar-refractivity contribution in [1.29, 1.82) is 0 Å². The van der Waals surface area contributed by atoms with Gasteiger partial charge in [0.2, 0.25) is 0 Å². The summed E-state index contributed by atoms with van der Waals surface area (Å²) in [5.41, 5.74) is 1.75. The maximum atomic E-state index is 10.8. The van der Waals surface area contributed by atoms with E-state index >= 15 is 0 Å². The lowest BCUT2D eigenvalue weighted by Crippen LogP contribution is -2.36. The van der Waals surface area contributed by atoms with Crippen LogP contribution in [0.2, 0.25) is 0 Å². The van der Waals surface area contributed by atoms with E-state index in [1.807, 2.05) is 19.1 Å². The Bertz CT molecular complexity index is 739. The number of aliphatic imine (C=N–C) groups is 1. The van der Waals surface area contributed by atoms with Crippen LogP contribution < -0.4 is 10.6 Å². The molecular formula is C17H23N5O3. The molecule has 0 atom stereocenters. The van der Waals surface area contributed by atoms with Gasteiger partial charge in [-0.1, -0.05) is 31.1 Å². The van der Waals surface area contributed by atoms with Crippen LogP contribution >= 0.6 is 0 Å². The second-order valence-corrected chi connectivity index (χ2v) is 5.85. The van der Waals surface area contributed by atoms with Gasteiger partial charge in [-0.05, 0) is 18.4 Å². The molecular weight excluding hydrogens is 322 g/mol. The summed E-state index contributed by atoms with van der Waals surface area (Å²) in [6.45, 7) is 7.58. The standard InChI is InChI=1S/C17H23N5O3/c1-4-18-17(20-11-15-9-16(12(2)3)21-25-15)19-10-13-6-5-7-14(8-13)22(23)24/h5-9,12H,4,10-11H2,1-3H3,(H2,18,19,20). The maximum absolute atomic E-state index is 10.8. The van der Waals surface area contributed by atoms with E-state index < -0.39 is 4.92 Å². The Balaban J connectivity index is 2.00. The van der Waals surface area contributed by atoms with E-state index in [1.165, 1.54) is 12.1 Å². The summed E-state index contributed by atoms with van der Waals surface area (Å²) in [6.07, 6.45) is 0. The Kier molecular flexibility index (Phi) is 6.50. The van der Waals surface area contributed by atoms with Crippen molar-refractivity contribution in [2.24, 2.45) is 4.99 Å². The van der Waals surface area contributed by atoms with Crippen LogP contribution in [-0.4, -0.2) is 22.6 Å². The van der Waals surface area contributed by atoms with Gasteiger partial charge in [0.05, 0.1) is 23.7 Å². The molecule has 2 aromatic rings. The van der Waals surface area contributed by atoms with Crippen LogP contribution in [0.1, 0.15) is 43.7 Å². The molecule has 0 aliphatic rings. The summed E-state index contributed by atoms with van der Waals surface area (Å²) in [7, 11) is 0. The van der Waals surface area contributed by atoms with Gasteiger partial charge in [0.25, 0.3) is 5.69 Å². The fourth-order valence-corrected chi connectivity index (χ4v) is 2.14. The zero-order chi connectivity index (χ0) is 18.2. The molecule has 134 valence electrons. The van der Waals surface area contributed by atoms with Gasteiger partial charge in [-0.2, -0.15) is 0 Å². The Morgan fingerprint density at radius 2 is 2.16 bits per heavy atom. The normalized spacial score (nSPS) is 11.6. The summed E-state index contributed by atoms with van der Waals surface area (Å²) in [5.74, 6) is 1.65. The lowest BCUT2D eigenvalue weighted by Gasteiger charge is -2.09. The van der Waals surface area contributed by atoms with Gasteiger partial charge < -0.3 is 15.2 Å². The number of hydrogen-bond acceptors (Lipinski definition) is 5. The zero-order valence-electron chi connectivity index (χ0n) is 14.7. The smallest absolute Gasteiger partial charge is 0.269 e. The van der Waals surface area contributed by atoms with Crippen molar-refractivity contribution in [3.8, 4) is 0 Å². The number of nitro groups is 1. The van der Waals surface area contributed by atoms with Crippen molar-refractivity contribution in [3.05, 3.63) is 57.5 Å². The predicted molar refractivity (Wildman–Crippen MR) is 95.3 cm³/mol. The summed E-state index contributed by atoms with van der Waals surface area (Å²) >= 11 is 0. The van der Waals surface area contributed by atoms with Gasteiger partial charge in [-0.3, -0.25) is 10.1 Å². The highest BCUT2D eigenvalue weighted by molar-refractivity contribution is 5.79. The Morgan fingerprint density at radius 3 is 2.80 bits per heavy atom. The van der Waals surface area contributed by atoms with Crippen molar-refractivity contribution < 1.29 is 9.45 Å². The summed E-state index contributed by atoms with van der Waals surface area (Å²) in [5, 5.41) is 21.2. The first-order valence-electron chi connectivity index (χ1n) is 8.20. The number of guanidine groups is 1. The molecule has 0 bridgehead atoms. The highest BCUT2D eigenvalue weighted by Crippen LogP contribution is 2.14. The minimum atomic E-state index is -0.410. The number of hydrogen-bond donors (Lipinski definition) is 2. The maximum Gasteiger partial charge on any atom is 0.269 e. The molecule has 0 saturated carbocycles. The van der Waals surface area contributed by atoms with Gasteiger partial charge in [0.1, 0.15) is 0 Å². The Hall–Kier alpha value is -2.90. The first-order chi connectivity index (χ1) is 12.0. The molecule has 0 fully saturated rings. The number of nitro benzene ring substituents is 1. The molecule has 1 aromatic heterocycles. The molecule has 25 heavy (non-hydrogen) atoms. The van der Waals surface area contributed by atoms with E-state index in [0.717, 1.165) is 17.0 Å². The van der Waals surface area contributed by atoms with Crippen molar-refractivity contribution in [3.63, 3.8) is 0 Å². The molecule has 1 heterocycles. The number of non-ortho nitro benzene ring substituents is 1. The molecule has 8 nitrogen and oxygen atoms in total. The average Bonchev–Trinajstić information content (AvgIpc) is 3.07. The third-order valence-electron chi connectivity index (χ3n) is 3.48. The second-order valence-electron chi connectivity index (χ2n) is 5.85. The molecule has 0 aliphatic heterocycles. The average molecular weight is 345 g/mol. The van der Waals surface area contributed by atoms with E-state index in [1.54, 1.807) is 6.07 Å². The molecule has 0 aliphatic carbocycles. The van der Waals surface area contributed by atoms with Gasteiger partial charge >= 0.3 is 0 Å². The van der Waals surface area contributed by atoms with E-state index in [4.69, 9.17) is 4.52 Å². The van der Waals surface area contributed by atoms with Crippen LogP contribution in [0, 0.1) is 10.1 Å². The van der Waals surface area contributed by atoms with Crippen molar-refractivity contribution in [2.75, 3.05) is 6.54 Å². The molecule has 2 rings (SSSR count). The largest absolute Gasteiger partial charge is 0.359 e. The molecule has 8 heteroatoms. The molecule has 0 amide bonds. The van der Waals surface area contributed by atoms with Gasteiger partial charge in [0, 0.05) is 24.7 Å². The van der Waals surface area contributed by atoms with Crippen LogP contribution in [0.25, 0.3) is 0 Å². The van der Waals surface area contributed by atoms with Crippen molar-refractivity contribution in [1.82, 2.24) is 15.8 Å². The topological polar surface area (TPSA) is 106 Å². The fraction of sp³-hybridized carbons (Fsp3) is 0.412. The quantitative estimate of drug-likeness (QED) is 0.346. The monoisotopic (exact) mass is 345 g/mol. The summed E-state index contributed by atoms with van der Waals surface area (Å²) in [4.78, 5) is 14.9. The molecule has 0 spiro atoms. The molecule has 2 N–H and O–H groups in total.